The quantitative estimate of drug-likeness (QED) is 0.123. The van der Waals surface area contributed by atoms with Crippen LogP contribution in [0.25, 0.3) is 0 Å². The van der Waals surface area contributed by atoms with Crippen LogP contribution in [0.2, 0.25) is 0 Å². The zero-order chi connectivity index (χ0) is 29.1. The fraction of sp³-hybridized carbons (Fsp3) is 0.296. The number of carbonyl (C=O) groups excluding carboxylic acids is 3. The van der Waals surface area contributed by atoms with E-state index in [1.807, 2.05) is 0 Å². The summed E-state index contributed by atoms with van der Waals surface area (Å²) in [5.41, 5.74) is 7.39. The van der Waals surface area contributed by atoms with Gasteiger partial charge in [-0.3, -0.25) is 14.4 Å². The summed E-state index contributed by atoms with van der Waals surface area (Å²) < 4.78 is 0. The molecule has 212 valence electrons. The lowest BCUT2D eigenvalue weighted by Gasteiger charge is -2.25. The van der Waals surface area contributed by atoms with E-state index in [1.54, 1.807) is 42.5 Å². The number of carbonyl (C=O) groups is 4. The van der Waals surface area contributed by atoms with Crippen molar-refractivity contribution in [3.63, 3.8) is 0 Å². The van der Waals surface area contributed by atoms with Gasteiger partial charge in [0.2, 0.25) is 17.7 Å². The molecule has 4 atom stereocenters. The van der Waals surface area contributed by atoms with Crippen LogP contribution in [0.3, 0.4) is 0 Å². The number of rotatable bonds is 14. The minimum atomic E-state index is -1.32. The molecule has 1 aromatic heterocycles. The lowest BCUT2D eigenvalue weighted by Crippen LogP contribution is -2.58. The van der Waals surface area contributed by atoms with E-state index in [1.165, 1.54) is 24.7 Å². The summed E-state index contributed by atoms with van der Waals surface area (Å²) in [4.78, 5) is 57.8. The maximum absolute atomic E-state index is 13.5. The van der Waals surface area contributed by atoms with E-state index in [4.69, 9.17) is 5.73 Å². The Morgan fingerprint density at radius 2 is 1.35 bits per heavy atom. The van der Waals surface area contributed by atoms with Gasteiger partial charge in [0.05, 0.1) is 12.9 Å². The molecule has 13 heteroatoms. The van der Waals surface area contributed by atoms with Crippen molar-refractivity contribution in [1.82, 2.24) is 25.9 Å². The number of H-pyrrole nitrogens is 1. The topological polar surface area (TPSA) is 220 Å². The highest BCUT2D eigenvalue weighted by Crippen LogP contribution is 2.13. The summed E-state index contributed by atoms with van der Waals surface area (Å²) in [5, 5.41) is 36.2. The SMILES string of the molecule is NC(CO)C(=O)NC(Cc1ccccc1)C(=O)NC(Cc1ccc(O)cc1)C(=O)NC(Cc1cnc[nH]1)C(=O)O. The Balaban J connectivity index is 1.84. The molecule has 0 bridgehead atoms. The number of aromatic hydroxyl groups is 1. The highest BCUT2D eigenvalue weighted by Gasteiger charge is 2.31. The van der Waals surface area contributed by atoms with Crippen molar-refractivity contribution in [2.75, 3.05) is 6.61 Å². The van der Waals surface area contributed by atoms with Gasteiger partial charge in [-0.1, -0.05) is 42.5 Å². The molecule has 0 radical (unpaired) electrons. The van der Waals surface area contributed by atoms with Crippen molar-refractivity contribution in [3.8, 4) is 5.75 Å². The standard InChI is InChI=1S/C27H32N6O7/c28-20(14-34)24(36)31-21(10-16-4-2-1-3-5-16)25(37)32-22(11-17-6-8-19(35)9-7-17)26(38)33-23(27(39)40)12-18-13-29-15-30-18/h1-9,13,15,20-23,34-35H,10-12,14,28H2,(H,29,30)(H,31,36)(H,32,37)(H,33,38)(H,39,40). The Labute approximate surface area is 229 Å². The zero-order valence-electron chi connectivity index (χ0n) is 21.5. The smallest absolute Gasteiger partial charge is 0.326 e. The number of phenolic OH excluding ortho intramolecular Hbond substituents is 1. The summed E-state index contributed by atoms with van der Waals surface area (Å²) in [6.45, 7) is -0.635. The van der Waals surface area contributed by atoms with Crippen LogP contribution in [0.1, 0.15) is 16.8 Å². The maximum Gasteiger partial charge on any atom is 0.326 e. The first-order valence-corrected chi connectivity index (χ1v) is 12.5. The minimum absolute atomic E-state index is 0.00476. The average molecular weight is 553 g/mol. The number of nitrogens with zero attached hydrogens (tertiary/aromatic N) is 1. The van der Waals surface area contributed by atoms with Gasteiger partial charge in [-0.2, -0.15) is 0 Å². The monoisotopic (exact) mass is 552 g/mol. The van der Waals surface area contributed by atoms with E-state index >= 15 is 0 Å². The summed E-state index contributed by atoms with van der Waals surface area (Å²) in [6, 6.07) is 9.78. The number of aromatic amines is 1. The summed E-state index contributed by atoms with van der Waals surface area (Å²) in [5.74, 6) is -3.54. The molecule has 2 aromatic carbocycles. The largest absolute Gasteiger partial charge is 0.508 e. The van der Waals surface area contributed by atoms with Crippen molar-refractivity contribution in [3.05, 3.63) is 83.9 Å². The lowest BCUT2D eigenvalue weighted by molar-refractivity contribution is -0.142. The van der Waals surface area contributed by atoms with Gasteiger partial charge in [-0.15, -0.1) is 0 Å². The van der Waals surface area contributed by atoms with Crippen LogP contribution < -0.4 is 21.7 Å². The Morgan fingerprint density at radius 1 is 0.800 bits per heavy atom. The van der Waals surface area contributed by atoms with Gasteiger partial charge in [0.25, 0.3) is 0 Å². The van der Waals surface area contributed by atoms with E-state index in [0.717, 1.165) is 0 Å². The van der Waals surface area contributed by atoms with Crippen LogP contribution in [0.5, 0.6) is 5.75 Å². The Bertz CT molecular complexity index is 1270. The predicted molar refractivity (Wildman–Crippen MR) is 143 cm³/mol. The highest BCUT2D eigenvalue weighted by atomic mass is 16.4. The predicted octanol–water partition coefficient (Wildman–Crippen LogP) is -0.998. The molecule has 3 rings (SSSR count). The van der Waals surface area contributed by atoms with E-state index in [0.29, 0.717) is 16.8 Å². The number of carboxylic acids is 1. The van der Waals surface area contributed by atoms with Crippen molar-refractivity contribution < 1.29 is 34.5 Å². The van der Waals surface area contributed by atoms with Crippen molar-refractivity contribution in [1.29, 1.82) is 0 Å². The zero-order valence-corrected chi connectivity index (χ0v) is 21.5. The van der Waals surface area contributed by atoms with Gasteiger partial charge >= 0.3 is 5.97 Å². The number of phenols is 1. The normalized spacial score (nSPS) is 13.8. The van der Waals surface area contributed by atoms with Crippen LogP contribution in [-0.2, 0) is 38.4 Å². The van der Waals surface area contributed by atoms with Gasteiger partial charge in [0, 0.05) is 31.2 Å². The molecule has 0 spiro atoms. The van der Waals surface area contributed by atoms with Crippen LogP contribution in [0.4, 0.5) is 0 Å². The Morgan fingerprint density at radius 3 is 1.88 bits per heavy atom. The van der Waals surface area contributed by atoms with Gasteiger partial charge in [-0.25, -0.2) is 9.78 Å². The van der Waals surface area contributed by atoms with Gasteiger partial charge < -0.3 is 42.0 Å². The molecule has 1 heterocycles. The first kappa shape index (κ1) is 29.8. The molecule has 0 saturated carbocycles. The third-order valence-electron chi connectivity index (χ3n) is 6.05. The first-order valence-electron chi connectivity index (χ1n) is 12.5. The summed E-state index contributed by atoms with van der Waals surface area (Å²) in [6.07, 6.45) is 2.75. The fourth-order valence-corrected chi connectivity index (χ4v) is 3.86. The first-order chi connectivity index (χ1) is 19.2. The number of hydrogen-bond acceptors (Lipinski definition) is 8. The number of nitrogens with one attached hydrogen (secondary N) is 4. The number of aliphatic carboxylic acids is 1. The molecule has 0 saturated heterocycles. The molecule has 3 amide bonds. The lowest BCUT2D eigenvalue weighted by atomic mass is 10.0. The van der Waals surface area contributed by atoms with Gasteiger partial charge in [-0.05, 0) is 23.3 Å². The van der Waals surface area contributed by atoms with E-state index in [9.17, 15) is 34.5 Å². The number of benzene rings is 2. The number of carboxylic acid groups (broad SMARTS) is 1. The molecule has 0 aliphatic rings. The number of nitrogens with two attached hydrogens (primary N) is 1. The molecule has 0 aliphatic carbocycles. The molecular weight excluding hydrogens is 520 g/mol. The third-order valence-corrected chi connectivity index (χ3v) is 6.05. The molecule has 4 unspecified atom stereocenters. The van der Waals surface area contributed by atoms with Crippen molar-refractivity contribution >= 4 is 23.7 Å². The molecule has 9 N–H and O–H groups in total. The minimum Gasteiger partial charge on any atom is -0.508 e. The van der Waals surface area contributed by atoms with Gasteiger partial charge in [0.1, 0.15) is 29.9 Å². The number of aliphatic hydroxyl groups excluding tert-OH is 1. The van der Waals surface area contributed by atoms with Crippen LogP contribution in [0.15, 0.2) is 67.1 Å². The molecule has 0 fully saturated rings. The Hall–Kier alpha value is -4.75. The Kier molecular flexibility index (Phi) is 10.7. The summed E-state index contributed by atoms with van der Waals surface area (Å²) >= 11 is 0. The second-order valence-electron chi connectivity index (χ2n) is 9.15. The van der Waals surface area contributed by atoms with Crippen LogP contribution >= 0.6 is 0 Å². The number of aromatic nitrogens is 2. The second-order valence-corrected chi connectivity index (χ2v) is 9.15. The van der Waals surface area contributed by atoms with E-state index < -0.39 is 54.5 Å². The number of imidazole rings is 1. The third kappa shape index (κ3) is 8.92. The molecular formula is C27H32N6O7. The maximum atomic E-state index is 13.5. The average Bonchev–Trinajstić information content (AvgIpc) is 3.46. The van der Waals surface area contributed by atoms with Gasteiger partial charge in [0.15, 0.2) is 0 Å². The molecule has 0 aliphatic heterocycles. The van der Waals surface area contributed by atoms with Crippen LogP contribution in [0, 0.1) is 0 Å². The summed E-state index contributed by atoms with van der Waals surface area (Å²) in [7, 11) is 0. The molecule has 3 aromatic rings. The van der Waals surface area contributed by atoms with Crippen LogP contribution in [-0.4, -0.2) is 79.8 Å². The molecule has 40 heavy (non-hydrogen) atoms. The highest BCUT2D eigenvalue weighted by molar-refractivity contribution is 5.94. The number of amides is 3. The van der Waals surface area contributed by atoms with E-state index in [-0.39, 0.29) is 25.0 Å². The number of aliphatic hydroxyl groups is 1. The molecule has 13 nitrogen and oxygen atoms in total. The van der Waals surface area contributed by atoms with E-state index in [2.05, 4.69) is 25.9 Å². The fourth-order valence-electron chi connectivity index (χ4n) is 3.86. The van der Waals surface area contributed by atoms with Crippen molar-refractivity contribution in [2.45, 2.75) is 43.4 Å². The number of hydrogen-bond donors (Lipinski definition) is 8. The second kappa shape index (κ2) is 14.4. The van der Waals surface area contributed by atoms with Crippen molar-refractivity contribution in [2.24, 2.45) is 5.73 Å².